The minimum absolute atomic E-state index is 0.173. The van der Waals surface area contributed by atoms with Crippen LogP contribution < -0.4 is 14.7 Å². The quantitative estimate of drug-likeness (QED) is 0.0466. The van der Waals surface area contributed by atoms with E-state index in [1.54, 1.807) is 53.5 Å². The van der Waals surface area contributed by atoms with Gasteiger partial charge in [-0.1, -0.05) is 19.6 Å². The van der Waals surface area contributed by atoms with Gasteiger partial charge in [-0.25, -0.2) is 29.7 Å². The highest BCUT2D eigenvalue weighted by molar-refractivity contribution is 6.52. The van der Waals surface area contributed by atoms with Crippen LogP contribution in [-0.2, 0) is 4.79 Å². The third kappa shape index (κ3) is 13.9. The third-order valence-electron chi connectivity index (χ3n) is 14.5. The molecule has 2 aromatic carbocycles. The van der Waals surface area contributed by atoms with Gasteiger partial charge in [0.2, 0.25) is 35.2 Å². The Morgan fingerprint density at radius 2 is 1.06 bits per heavy atom. The second kappa shape index (κ2) is 29.9. The normalized spacial score (nSPS) is 13.7. The van der Waals surface area contributed by atoms with Crippen LogP contribution in [0.2, 0.25) is 0 Å². The van der Waals surface area contributed by atoms with E-state index in [4.69, 9.17) is 26.5 Å². The molecule has 0 saturated carbocycles. The highest BCUT2D eigenvalue weighted by Crippen LogP contribution is 2.31. The maximum atomic E-state index is 9.11. The van der Waals surface area contributed by atoms with E-state index in [1.165, 1.54) is 16.4 Å². The molecule has 0 saturated heterocycles. The van der Waals surface area contributed by atoms with Crippen molar-refractivity contribution in [2.75, 3.05) is 60.5 Å². The van der Waals surface area contributed by atoms with Crippen LogP contribution in [-0.4, -0.2) is 156 Å². The molecular weight excluding hydrogens is 1130 g/mol. The van der Waals surface area contributed by atoms with Gasteiger partial charge >= 0.3 is 5.84 Å². The van der Waals surface area contributed by atoms with Gasteiger partial charge in [-0.3, -0.25) is 19.9 Å². The molecule has 90 heavy (non-hydrogen) atoms. The molecule has 456 valence electrons. The molecule has 7 aromatic heterocycles. The minimum atomic E-state index is 0.173. The summed E-state index contributed by atoms with van der Waals surface area (Å²) < 4.78 is 4.95. The number of anilines is 3. The van der Waals surface area contributed by atoms with Crippen LogP contribution in [0.15, 0.2) is 158 Å². The number of rotatable bonds is 17. The molecule has 26 heteroatoms. The average Bonchev–Trinajstić information content (AvgIpc) is 1.72. The standard InChI is InChI=1S/C22H25N7.C20H19N9.C19H20N8.C3H5NO/c1-5-17-20(24-18-12-11-16(14-15(18)4)28(6-2)7-3)22-26-25-21(29(22)27-17)19-10-8-9-13-23-19;1-5-28(6-2)14-7-8-15(13(3)11-14)24-17-18(21-4)27-29-19(25-26-20(17)29)16-12-22-9-10-23-16;1-4-26(5-2)15-8-9-16(21-12-15)22-17-13(3)25-27-18(23-24-19(17)27)14-7-6-10-20-11-14;1-2-4-3-5/h8-14H,5-7H2,1-4H3;7-12H,5-6H2,1-3H3;6-12H,4-5H2,1-3H3;2H2,1H3. The van der Waals surface area contributed by atoms with Gasteiger partial charge in [0, 0.05) is 93.7 Å². The number of pyridine rings is 3. The van der Waals surface area contributed by atoms with Crippen LogP contribution in [0.25, 0.3) is 39.3 Å². The summed E-state index contributed by atoms with van der Waals surface area (Å²) in [5, 5.41) is 39.2. The molecular formula is C64H69N25O. The molecule has 26 nitrogen and oxygen atoms in total. The Bertz CT molecular complexity index is 4230. The van der Waals surface area contributed by atoms with Crippen LogP contribution >= 0.6 is 0 Å². The van der Waals surface area contributed by atoms with Crippen molar-refractivity contribution in [1.29, 1.82) is 0 Å². The summed E-state index contributed by atoms with van der Waals surface area (Å²) >= 11 is 0. The van der Waals surface area contributed by atoms with Gasteiger partial charge in [0.25, 0.3) is 0 Å². The van der Waals surface area contributed by atoms with E-state index in [-0.39, 0.29) is 5.84 Å². The van der Waals surface area contributed by atoms with Crippen molar-refractivity contribution in [2.45, 2.75) is 82.6 Å². The molecule has 12 rings (SSSR count). The van der Waals surface area contributed by atoms with Crippen molar-refractivity contribution in [3.8, 4) is 34.4 Å². The Morgan fingerprint density at radius 1 is 0.500 bits per heavy atom. The molecule has 0 atom stereocenters. The van der Waals surface area contributed by atoms with Gasteiger partial charge in [0.05, 0.1) is 40.9 Å². The summed E-state index contributed by atoms with van der Waals surface area (Å²) in [4.78, 5) is 58.2. The first-order valence-electron chi connectivity index (χ1n) is 29.7. The number of benzene rings is 2. The maximum Gasteiger partial charge on any atom is 0.323 e. The lowest BCUT2D eigenvalue weighted by Gasteiger charge is -2.21. The van der Waals surface area contributed by atoms with Crippen LogP contribution in [0, 0.1) is 20.4 Å². The summed E-state index contributed by atoms with van der Waals surface area (Å²) in [6.07, 6.45) is 13.9. The predicted octanol–water partition coefficient (Wildman–Crippen LogP) is 10.6. The molecule has 0 unspecified atom stereocenters. The Hall–Kier alpha value is -11.3. The van der Waals surface area contributed by atoms with E-state index in [0.29, 0.717) is 64.4 Å². The summed E-state index contributed by atoms with van der Waals surface area (Å²) in [6.45, 7) is 36.5. The second-order valence-electron chi connectivity index (χ2n) is 19.9. The summed E-state index contributed by atoms with van der Waals surface area (Å²) in [5.74, 6) is 4.19. The fourth-order valence-corrected chi connectivity index (χ4v) is 9.77. The Balaban J connectivity index is 0.000000154. The lowest BCUT2D eigenvalue weighted by atomic mass is 10.1. The first-order valence-corrected chi connectivity index (χ1v) is 29.7. The SMILES string of the molecule is CCC1=Nn2c(nnc2-c2ccccn2)C1=Nc1ccc(N(CC)CC)cc1C.CCN(CC)c1ccc(N=C2C(C)=Nn3c2nnc3-c2cccnc2)nc1.CCN=C=O.[C-]#[N+]C1=Nn2c(nnc2-c2cnccn2)C1=Nc1ccc(N(CC)CC)cc1C. The maximum absolute atomic E-state index is 9.11. The number of hydrogen-bond donors (Lipinski definition) is 0. The molecule has 0 radical (unpaired) electrons. The number of nitrogens with zero attached hydrogens (tertiary/aromatic N) is 25. The fourth-order valence-electron chi connectivity index (χ4n) is 9.77. The van der Waals surface area contributed by atoms with Gasteiger partial charge in [-0.15, -0.1) is 35.3 Å². The molecule has 0 amide bonds. The first kappa shape index (κ1) is 63.2. The third-order valence-corrected chi connectivity index (χ3v) is 14.5. The number of hydrogen-bond acceptors (Lipinski definition) is 22. The number of aryl methyl sites for hydroxylation is 2. The van der Waals surface area contributed by atoms with Gasteiger partial charge < -0.3 is 19.5 Å². The fraction of sp³-hybridized carbons (Fsp3) is 0.297. The molecule has 0 aliphatic carbocycles. The summed E-state index contributed by atoms with van der Waals surface area (Å²) in [6, 6.07) is 25.9. The molecule has 0 N–H and O–H groups in total. The van der Waals surface area contributed by atoms with Crippen molar-refractivity contribution in [3.63, 3.8) is 0 Å². The molecule has 3 aliphatic heterocycles. The van der Waals surface area contributed by atoms with Gasteiger partial charge in [-0.05, 0) is 165 Å². The summed E-state index contributed by atoms with van der Waals surface area (Å²) in [7, 11) is 0. The zero-order chi connectivity index (χ0) is 63.7. The largest absolute Gasteiger partial charge is 0.372 e. The molecule has 9 aromatic rings. The van der Waals surface area contributed by atoms with Crippen molar-refractivity contribution >= 4 is 74.7 Å². The number of amidine groups is 1. The van der Waals surface area contributed by atoms with E-state index < -0.39 is 0 Å². The number of isocyanates is 1. The lowest BCUT2D eigenvalue weighted by molar-refractivity contribution is 0.563. The van der Waals surface area contributed by atoms with Gasteiger partial charge in [0.1, 0.15) is 28.5 Å². The second-order valence-corrected chi connectivity index (χ2v) is 19.9. The minimum Gasteiger partial charge on any atom is -0.372 e. The van der Waals surface area contributed by atoms with Crippen LogP contribution in [0.3, 0.4) is 0 Å². The number of aromatic nitrogens is 14. The van der Waals surface area contributed by atoms with Crippen LogP contribution in [0.5, 0.6) is 0 Å². The topological polar surface area (TPSA) is 274 Å². The lowest BCUT2D eigenvalue weighted by Crippen LogP contribution is -2.21. The Labute approximate surface area is 522 Å². The highest BCUT2D eigenvalue weighted by Gasteiger charge is 2.33. The van der Waals surface area contributed by atoms with Crippen LogP contribution in [0.4, 0.5) is 34.3 Å². The van der Waals surface area contributed by atoms with Crippen molar-refractivity contribution in [2.24, 2.45) is 35.3 Å². The van der Waals surface area contributed by atoms with E-state index >= 15 is 0 Å². The van der Waals surface area contributed by atoms with Crippen LogP contribution in [0.1, 0.15) is 97.3 Å². The molecule has 0 bridgehead atoms. The first-order chi connectivity index (χ1) is 43.9. The zero-order valence-electron chi connectivity index (χ0n) is 52.3. The Morgan fingerprint density at radius 3 is 1.58 bits per heavy atom. The van der Waals surface area contributed by atoms with Gasteiger partial charge in [0.15, 0.2) is 11.6 Å². The monoisotopic (exact) mass is 1200 g/mol. The highest BCUT2D eigenvalue weighted by atomic mass is 16.1. The van der Waals surface area contributed by atoms with Crippen molar-refractivity contribution in [3.05, 3.63) is 162 Å². The van der Waals surface area contributed by atoms with E-state index in [9.17, 15) is 0 Å². The smallest absolute Gasteiger partial charge is 0.323 e. The molecule has 0 fully saturated rings. The zero-order valence-corrected chi connectivity index (χ0v) is 52.3. The van der Waals surface area contributed by atoms with Crippen molar-refractivity contribution in [1.82, 2.24) is 69.5 Å². The number of fused-ring (bicyclic) bond motifs is 3. The average molecular weight is 1200 g/mol. The van der Waals surface area contributed by atoms with E-state index in [0.717, 1.165) is 108 Å². The number of carbonyl (C=O) groups excluding carboxylic acids is 1. The van der Waals surface area contributed by atoms with Gasteiger partial charge in [-0.2, -0.15) is 19.6 Å². The van der Waals surface area contributed by atoms with E-state index in [1.807, 2.05) is 74.6 Å². The Kier molecular flexibility index (Phi) is 21.0. The summed E-state index contributed by atoms with van der Waals surface area (Å²) in [5.41, 5.74) is 13.0. The van der Waals surface area contributed by atoms with E-state index in [2.05, 4.69) is 175 Å². The molecule has 10 heterocycles. The molecule has 3 aliphatic rings. The predicted molar refractivity (Wildman–Crippen MR) is 353 cm³/mol. The van der Waals surface area contributed by atoms with Crippen molar-refractivity contribution < 1.29 is 4.79 Å². The number of aliphatic imine (C=N–C) groups is 4. The molecule has 0 spiro atoms.